The Kier molecular flexibility index (Phi) is 6.82. The quantitative estimate of drug-likeness (QED) is 0.512. The molecule has 0 fully saturated rings. The predicted octanol–water partition coefficient (Wildman–Crippen LogP) is 4.50. The van der Waals surface area contributed by atoms with E-state index in [0.717, 1.165) is 0 Å². The largest absolute Gasteiger partial charge is 0.0691 e. The smallest absolute Gasteiger partial charge is 0.0504 e. The molecule has 0 saturated carbocycles. The van der Waals surface area contributed by atoms with Crippen molar-refractivity contribution < 1.29 is 0 Å². The van der Waals surface area contributed by atoms with Crippen LogP contribution in [0.5, 0.6) is 0 Å². The maximum atomic E-state index is 4.13. The van der Waals surface area contributed by atoms with Gasteiger partial charge in [-0.1, -0.05) is 71.1 Å². The van der Waals surface area contributed by atoms with Crippen molar-refractivity contribution in [1.82, 2.24) is 0 Å². The number of rotatable bonds is 7. The summed E-state index contributed by atoms with van der Waals surface area (Å²) < 4.78 is 0. The molecule has 0 aliphatic rings. The minimum atomic E-state index is -0.876. The fourth-order valence-corrected chi connectivity index (χ4v) is 4.75. The van der Waals surface area contributed by atoms with E-state index < -0.39 is 8.07 Å². The normalized spacial score (nSPS) is 12.0. The topological polar surface area (TPSA) is 0 Å². The van der Waals surface area contributed by atoms with Crippen molar-refractivity contribution in [2.75, 3.05) is 0 Å². The third kappa shape index (κ3) is 4.97. The summed E-state index contributed by atoms with van der Waals surface area (Å²) in [5.41, 5.74) is 0. The zero-order chi connectivity index (χ0) is 9.45. The van der Waals surface area contributed by atoms with Crippen LogP contribution in [0.2, 0.25) is 24.7 Å². The van der Waals surface area contributed by atoms with Crippen LogP contribution in [-0.4, -0.2) is 8.07 Å². The van der Waals surface area contributed by atoms with Crippen molar-refractivity contribution in [3.8, 4) is 0 Å². The fourth-order valence-electron chi connectivity index (χ4n) is 1.58. The van der Waals surface area contributed by atoms with Gasteiger partial charge in [0, 0.05) is 0 Å². The minimum absolute atomic E-state index is 0.876. The Balaban J connectivity index is 3.70. The van der Waals surface area contributed by atoms with Crippen LogP contribution in [-0.2, 0) is 0 Å². The van der Waals surface area contributed by atoms with Crippen molar-refractivity contribution in [2.45, 2.75) is 64.2 Å². The predicted molar refractivity (Wildman–Crippen MR) is 61.2 cm³/mol. The molecule has 0 rings (SSSR count). The Bertz CT molecular complexity index is 91.2. The minimum Gasteiger partial charge on any atom is -0.0691 e. The zero-order valence-corrected chi connectivity index (χ0v) is 10.2. The molecular weight excluding hydrogens is 160 g/mol. The van der Waals surface area contributed by atoms with Gasteiger partial charge >= 0.3 is 0 Å². The average Bonchev–Trinajstić information content (AvgIpc) is 2.11. The third-order valence-corrected chi connectivity index (χ3v) is 7.20. The van der Waals surface area contributed by atoms with E-state index in [1.165, 1.54) is 43.8 Å². The lowest BCUT2D eigenvalue weighted by molar-refractivity contribution is 0.826. The molecule has 0 aromatic rings. The summed E-state index contributed by atoms with van der Waals surface area (Å²) in [6, 6.07) is 4.26. The summed E-state index contributed by atoms with van der Waals surface area (Å²) in [6.45, 7) is 11.2. The first-order valence-electron chi connectivity index (χ1n) is 5.47. The molecule has 0 nitrogen and oxygen atoms in total. The molecule has 0 bridgehead atoms. The van der Waals surface area contributed by atoms with Gasteiger partial charge in [0.05, 0.1) is 8.07 Å². The molecule has 0 aromatic carbocycles. The molecule has 0 aliphatic heterocycles. The highest BCUT2D eigenvalue weighted by Crippen LogP contribution is 2.25. The van der Waals surface area contributed by atoms with Crippen molar-refractivity contribution >= 4 is 8.07 Å². The van der Waals surface area contributed by atoms with E-state index in [-0.39, 0.29) is 0 Å². The van der Waals surface area contributed by atoms with Gasteiger partial charge in [0.15, 0.2) is 0 Å². The summed E-state index contributed by atoms with van der Waals surface area (Å²) in [5.74, 6) is 0. The second-order valence-electron chi connectivity index (χ2n) is 4.27. The molecule has 73 valence electrons. The van der Waals surface area contributed by atoms with Gasteiger partial charge in [0.2, 0.25) is 0 Å². The Hall–Kier alpha value is 0.217. The maximum absolute atomic E-state index is 4.13. The second kappa shape index (κ2) is 6.70. The van der Waals surface area contributed by atoms with Crippen LogP contribution in [0.1, 0.15) is 39.5 Å². The van der Waals surface area contributed by atoms with Crippen LogP contribution in [0.15, 0.2) is 0 Å². The van der Waals surface area contributed by atoms with Gasteiger partial charge in [-0.3, -0.25) is 0 Å². The number of hydrogen-bond acceptors (Lipinski definition) is 0. The van der Waals surface area contributed by atoms with E-state index in [4.69, 9.17) is 0 Å². The maximum Gasteiger partial charge on any atom is 0.0504 e. The SMILES string of the molecule is [CH2]C[Si](C)(CCCC)CCCC. The highest BCUT2D eigenvalue weighted by atomic mass is 28.3. The van der Waals surface area contributed by atoms with Crippen LogP contribution < -0.4 is 0 Å². The molecule has 0 spiro atoms. The Morgan fingerprint density at radius 3 is 1.67 bits per heavy atom. The van der Waals surface area contributed by atoms with Gasteiger partial charge in [-0.05, 0) is 0 Å². The average molecular weight is 185 g/mol. The molecule has 1 radical (unpaired) electrons. The van der Waals surface area contributed by atoms with E-state index in [2.05, 4.69) is 27.3 Å². The van der Waals surface area contributed by atoms with Crippen LogP contribution in [0.25, 0.3) is 0 Å². The van der Waals surface area contributed by atoms with Gasteiger partial charge in [-0.15, -0.1) is 0 Å². The third-order valence-electron chi connectivity index (χ3n) is 2.87. The summed E-state index contributed by atoms with van der Waals surface area (Å²) >= 11 is 0. The monoisotopic (exact) mass is 185 g/mol. The molecular formula is C11H25Si. The van der Waals surface area contributed by atoms with E-state index in [9.17, 15) is 0 Å². The van der Waals surface area contributed by atoms with Crippen molar-refractivity contribution in [2.24, 2.45) is 0 Å². The van der Waals surface area contributed by atoms with Gasteiger partial charge in [0.25, 0.3) is 0 Å². The van der Waals surface area contributed by atoms with E-state index >= 15 is 0 Å². The Morgan fingerprint density at radius 2 is 1.42 bits per heavy atom. The number of hydrogen-bond donors (Lipinski definition) is 0. The molecule has 0 amide bonds. The van der Waals surface area contributed by atoms with Gasteiger partial charge in [-0.25, -0.2) is 0 Å². The molecule has 0 aliphatic carbocycles. The highest BCUT2D eigenvalue weighted by Gasteiger charge is 2.22. The van der Waals surface area contributed by atoms with Crippen molar-refractivity contribution in [3.05, 3.63) is 6.92 Å². The number of unbranched alkanes of at least 4 members (excludes halogenated alkanes) is 2. The molecule has 12 heavy (non-hydrogen) atoms. The van der Waals surface area contributed by atoms with Crippen LogP contribution in [0.4, 0.5) is 0 Å². The zero-order valence-electron chi connectivity index (χ0n) is 9.16. The van der Waals surface area contributed by atoms with E-state index in [1.54, 1.807) is 0 Å². The Labute approximate surface area is 79.8 Å². The summed E-state index contributed by atoms with van der Waals surface area (Å²) in [7, 11) is -0.876. The first-order chi connectivity index (χ1) is 5.68. The molecule has 0 aromatic heterocycles. The lowest BCUT2D eigenvalue weighted by Crippen LogP contribution is -2.28. The van der Waals surface area contributed by atoms with Gasteiger partial charge in [-0.2, -0.15) is 0 Å². The summed E-state index contributed by atoms with van der Waals surface area (Å²) in [5, 5.41) is 0. The lowest BCUT2D eigenvalue weighted by atomic mass is 10.4. The highest BCUT2D eigenvalue weighted by molar-refractivity contribution is 6.78. The van der Waals surface area contributed by atoms with Crippen LogP contribution >= 0.6 is 0 Å². The first-order valence-corrected chi connectivity index (χ1v) is 8.60. The molecule has 0 N–H and O–H groups in total. The first kappa shape index (κ1) is 12.2. The second-order valence-corrected chi connectivity index (χ2v) is 9.39. The fraction of sp³-hybridized carbons (Fsp3) is 0.909. The van der Waals surface area contributed by atoms with Crippen molar-refractivity contribution in [1.29, 1.82) is 0 Å². The lowest BCUT2D eigenvalue weighted by Gasteiger charge is -2.25. The van der Waals surface area contributed by atoms with E-state index in [1.807, 2.05) is 0 Å². The molecule has 0 unspecified atom stereocenters. The summed E-state index contributed by atoms with van der Waals surface area (Å²) in [6.07, 6.45) is 5.58. The van der Waals surface area contributed by atoms with Crippen LogP contribution in [0, 0.1) is 6.92 Å². The molecule has 1 heteroatoms. The van der Waals surface area contributed by atoms with Gasteiger partial charge < -0.3 is 0 Å². The molecule has 0 atom stereocenters. The van der Waals surface area contributed by atoms with E-state index in [0.29, 0.717) is 0 Å². The van der Waals surface area contributed by atoms with Crippen molar-refractivity contribution in [3.63, 3.8) is 0 Å². The molecule has 0 heterocycles. The standard InChI is InChI=1S/C11H25Si/c1-5-8-10-12(4,7-3)11-9-6-2/h3,5-11H2,1-2,4H3. The summed E-state index contributed by atoms with van der Waals surface area (Å²) in [4.78, 5) is 0. The molecule has 0 saturated heterocycles. The van der Waals surface area contributed by atoms with Crippen LogP contribution in [0.3, 0.4) is 0 Å². The Morgan fingerprint density at radius 1 is 1.00 bits per heavy atom. The van der Waals surface area contributed by atoms with Gasteiger partial charge in [0.1, 0.15) is 0 Å².